The molecule has 4 aromatic rings. The largest absolute Gasteiger partial charge is 0.478 e. The molecule has 0 spiro atoms. The van der Waals surface area contributed by atoms with E-state index in [1.807, 2.05) is 41.9 Å². The van der Waals surface area contributed by atoms with E-state index in [4.69, 9.17) is 14.8 Å². The van der Waals surface area contributed by atoms with Crippen molar-refractivity contribution in [2.75, 3.05) is 6.61 Å². The molecule has 0 radical (unpaired) electrons. The minimum absolute atomic E-state index is 0.178. The van der Waals surface area contributed by atoms with Gasteiger partial charge in [-0.25, -0.2) is 19.0 Å². The lowest BCUT2D eigenvalue weighted by atomic mass is 10.0. The quantitative estimate of drug-likeness (QED) is 0.480. The highest BCUT2D eigenvalue weighted by molar-refractivity contribution is 5.89. The molecular weight excluding hydrogens is 408 g/mol. The van der Waals surface area contributed by atoms with Crippen LogP contribution in [0.15, 0.2) is 48.9 Å². The van der Waals surface area contributed by atoms with Gasteiger partial charge >= 0.3 is 5.97 Å². The Bertz CT molecular complexity index is 1320. The molecule has 0 aliphatic carbocycles. The number of aliphatic carboxylic acids is 1. The van der Waals surface area contributed by atoms with Crippen molar-refractivity contribution < 1.29 is 14.6 Å². The van der Waals surface area contributed by atoms with Crippen molar-refractivity contribution in [3.05, 3.63) is 60.3 Å². The zero-order valence-corrected chi connectivity index (χ0v) is 17.5. The smallest absolute Gasteiger partial charge is 0.328 e. The summed E-state index contributed by atoms with van der Waals surface area (Å²) in [4.78, 5) is 20.2. The number of carboxylic acid groups (broad SMARTS) is 1. The first-order chi connectivity index (χ1) is 15.6. The Morgan fingerprint density at radius 2 is 2.09 bits per heavy atom. The molecule has 0 aromatic carbocycles. The van der Waals surface area contributed by atoms with Gasteiger partial charge in [-0.1, -0.05) is 6.07 Å². The first-order valence-corrected chi connectivity index (χ1v) is 10.5. The third kappa shape index (κ3) is 3.67. The summed E-state index contributed by atoms with van der Waals surface area (Å²) in [5, 5.41) is 18.2. The summed E-state index contributed by atoms with van der Waals surface area (Å²) < 4.78 is 9.54. The Morgan fingerprint density at radius 1 is 1.19 bits per heavy atom. The van der Waals surface area contributed by atoms with Crippen LogP contribution in [-0.2, 0) is 9.53 Å². The second-order valence-electron chi connectivity index (χ2n) is 7.67. The molecule has 0 amide bonds. The van der Waals surface area contributed by atoms with E-state index in [2.05, 4.69) is 10.1 Å². The van der Waals surface area contributed by atoms with E-state index in [0.29, 0.717) is 17.9 Å². The fourth-order valence-corrected chi connectivity index (χ4v) is 4.07. The third-order valence-electron chi connectivity index (χ3n) is 5.51. The number of fused-ring (bicyclic) bond motifs is 1. The van der Waals surface area contributed by atoms with E-state index in [0.717, 1.165) is 53.5 Å². The molecule has 1 saturated heterocycles. The van der Waals surface area contributed by atoms with Crippen LogP contribution in [0.1, 0.15) is 36.9 Å². The Hall–Kier alpha value is -3.85. The van der Waals surface area contributed by atoms with Crippen molar-refractivity contribution in [3.8, 4) is 22.5 Å². The zero-order valence-electron chi connectivity index (χ0n) is 17.5. The van der Waals surface area contributed by atoms with Crippen LogP contribution in [0.5, 0.6) is 0 Å². The second kappa shape index (κ2) is 8.35. The van der Waals surface area contributed by atoms with Gasteiger partial charge in [0.15, 0.2) is 11.9 Å². The highest BCUT2D eigenvalue weighted by Crippen LogP contribution is 2.37. The van der Waals surface area contributed by atoms with Gasteiger partial charge in [-0.3, -0.25) is 4.98 Å². The molecule has 1 fully saturated rings. The van der Waals surface area contributed by atoms with Crippen LogP contribution in [0.2, 0.25) is 0 Å². The Kier molecular flexibility index (Phi) is 5.24. The minimum Gasteiger partial charge on any atom is -0.478 e. The fraction of sp³-hybridized carbons (Fsp3) is 0.261. The summed E-state index contributed by atoms with van der Waals surface area (Å²) in [7, 11) is 0. The van der Waals surface area contributed by atoms with Crippen molar-refractivity contribution in [1.82, 2.24) is 29.4 Å². The van der Waals surface area contributed by atoms with Crippen molar-refractivity contribution >= 4 is 17.7 Å². The standard InChI is InChI=1S/C23H22N6O3/c1-15-5-4-6-18(27-15)23-17(13-25-29(23)21-7-2-3-12-32-21)16-8-10-20-24-14-26-28(20)19(16)9-11-22(30)31/h4-6,8-11,13-14,21H,2-3,7,12H2,1H3,(H,30,31). The van der Waals surface area contributed by atoms with Crippen LogP contribution in [-0.4, -0.2) is 47.0 Å². The number of carbonyl (C=O) groups is 1. The molecule has 5 heterocycles. The van der Waals surface area contributed by atoms with Crippen molar-refractivity contribution in [2.45, 2.75) is 32.4 Å². The fourth-order valence-electron chi connectivity index (χ4n) is 4.07. The van der Waals surface area contributed by atoms with Gasteiger partial charge in [-0.2, -0.15) is 10.2 Å². The maximum atomic E-state index is 11.3. The summed E-state index contributed by atoms with van der Waals surface area (Å²) in [5.74, 6) is -1.04. The third-order valence-corrected chi connectivity index (χ3v) is 5.51. The van der Waals surface area contributed by atoms with Crippen molar-refractivity contribution in [1.29, 1.82) is 0 Å². The van der Waals surface area contributed by atoms with Gasteiger partial charge in [0.1, 0.15) is 6.33 Å². The molecule has 162 valence electrons. The number of aryl methyl sites for hydroxylation is 1. The topological polar surface area (TPSA) is 107 Å². The summed E-state index contributed by atoms with van der Waals surface area (Å²) in [6.45, 7) is 2.64. The number of pyridine rings is 2. The predicted molar refractivity (Wildman–Crippen MR) is 118 cm³/mol. The maximum Gasteiger partial charge on any atom is 0.328 e. The number of aromatic nitrogens is 6. The summed E-state index contributed by atoms with van der Waals surface area (Å²) in [6, 6.07) is 9.62. The minimum atomic E-state index is -1.04. The lowest BCUT2D eigenvalue weighted by molar-refractivity contribution is -0.131. The first kappa shape index (κ1) is 20.1. The highest BCUT2D eigenvalue weighted by atomic mass is 16.5. The Balaban J connectivity index is 1.75. The van der Waals surface area contributed by atoms with Crippen LogP contribution >= 0.6 is 0 Å². The molecule has 4 aromatic heterocycles. The van der Waals surface area contributed by atoms with Crippen molar-refractivity contribution in [2.24, 2.45) is 0 Å². The van der Waals surface area contributed by atoms with Gasteiger partial charge in [-0.15, -0.1) is 0 Å². The first-order valence-electron chi connectivity index (χ1n) is 10.5. The van der Waals surface area contributed by atoms with Gasteiger partial charge in [0, 0.05) is 29.5 Å². The van der Waals surface area contributed by atoms with Gasteiger partial charge < -0.3 is 9.84 Å². The number of hydrogen-bond acceptors (Lipinski definition) is 6. The molecule has 0 saturated carbocycles. The molecule has 1 atom stereocenters. The summed E-state index contributed by atoms with van der Waals surface area (Å²) in [6.07, 6.45) is 8.65. The molecule has 1 unspecified atom stereocenters. The van der Waals surface area contributed by atoms with E-state index < -0.39 is 5.97 Å². The second-order valence-corrected chi connectivity index (χ2v) is 7.67. The predicted octanol–water partition coefficient (Wildman–Crippen LogP) is 3.76. The molecule has 9 heteroatoms. The number of rotatable bonds is 5. The van der Waals surface area contributed by atoms with Gasteiger partial charge in [0.25, 0.3) is 0 Å². The van der Waals surface area contributed by atoms with E-state index in [9.17, 15) is 9.90 Å². The van der Waals surface area contributed by atoms with E-state index >= 15 is 0 Å². The molecule has 1 aliphatic heterocycles. The molecule has 0 bridgehead atoms. The number of nitrogens with zero attached hydrogens (tertiary/aromatic N) is 6. The van der Waals surface area contributed by atoms with Gasteiger partial charge in [-0.05, 0) is 56.5 Å². The van der Waals surface area contributed by atoms with Crippen LogP contribution in [0.3, 0.4) is 0 Å². The Morgan fingerprint density at radius 3 is 2.88 bits per heavy atom. The van der Waals surface area contributed by atoms with Crippen LogP contribution in [0.4, 0.5) is 0 Å². The Labute approximate surface area is 184 Å². The number of ether oxygens (including phenoxy) is 1. The monoisotopic (exact) mass is 430 g/mol. The average Bonchev–Trinajstić information content (AvgIpc) is 3.45. The molecule has 1 aliphatic rings. The molecule has 1 N–H and O–H groups in total. The summed E-state index contributed by atoms with van der Waals surface area (Å²) in [5.41, 5.74) is 5.31. The summed E-state index contributed by atoms with van der Waals surface area (Å²) >= 11 is 0. The molecular formula is C23H22N6O3. The normalized spacial score (nSPS) is 16.7. The van der Waals surface area contributed by atoms with E-state index in [1.54, 1.807) is 10.7 Å². The molecule has 32 heavy (non-hydrogen) atoms. The van der Waals surface area contributed by atoms with Crippen molar-refractivity contribution in [3.63, 3.8) is 0 Å². The maximum absolute atomic E-state index is 11.3. The van der Waals surface area contributed by atoms with E-state index in [-0.39, 0.29) is 6.23 Å². The van der Waals surface area contributed by atoms with Gasteiger partial charge in [0.05, 0.1) is 23.3 Å². The average molecular weight is 430 g/mol. The number of carboxylic acids is 1. The van der Waals surface area contributed by atoms with E-state index in [1.165, 1.54) is 12.4 Å². The van der Waals surface area contributed by atoms with Crippen LogP contribution < -0.4 is 0 Å². The molecule has 9 nitrogen and oxygen atoms in total. The zero-order chi connectivity index (χ0) is 22.1. The lowest BCUT2D eigenvalue weighted by Crippen LogP contribution is -2.20. The van der Waals surface area contributed by atoms with Crippen LogP contribution in [0, 0.1) is 6.92 Å². The SMILES string of the molecule is Cc1cccc(-c2c(-c3ccc4ncnn4c3C=CC(=O)O)cnn2C2CCCCO2)n1. The molecule has 5 rings (SSSR count). The van der Waals surface area contributed by atoms with Crippen LogP contribution in [0.25, 0.3) is 34.2 Å². The highest BCUT2D eigenvalue weighted by Gasteiger charge is 2.25. The lowest BCUT2D eigenvalue weighted by Gasteiger charge is -2.25. The van der Waals surface area contributed by atoms with Gasteiger partial charge in [0.2, 0.25) is 0 Å². The number of hydrogen-bond donors (Lipinski definition) is 1.